The topological polar surface area (TPSA) is 95.5 Å². The average molecular weight is 421 g/mol. The highest BCUT2D eigenvalue weighted by atomic mass is 32.1. The van der Waals surface area contributed by atoms with Crippen LogP contribution in [0.15, 0.2) is 0 Å². The molecule has 0 aromatic carbocycles. The smallest absolute Gasteiger partial charge is 0.303 e. The van der Waals surface area contributed by atoms with E-state index in [-0.39, 0.29) is 36.6 Å². The van der Waals surface area contributed by atoms with Crippen LogP contribution in [0.25, 0.3) is 0 Å². The zero-order chi connectivity index (χ0) is 21.0. The number of aliphatic carboxylic acids is 1. The lowest BCUT2D eigenvalue weighted by Gasteiger charge is -2.21. The lowest BCUT2D eigenvalue weighted by molar-refractivity contribution is -0.138. The lowest BCUT2D eigenvalue weighted by Crippen LogP contribution is -2.33. The van der Waals surface area contributed by atoms with Crippen molar-refractivity contribution in [3.8, 4) is 0 Å². The highest BCUT2D eigenvalue weighted by Crippen LogP contribution is 2.40. The third-order valence-electron chi connectivity index (χ3n) is 6.17. The van der Waals surface area contributed by atoms with Crippen molar-refractivity contribution in [3.05, 3.63) is 16.0 Å². The summed E-state index contributed by atoms with van der Waals surface area (Å²) in [7, 11) is 0. The molecular formula is C22H32N2O4S. The molecule has 0 radical (unpaired) electrons. The number of carboxylic acids is 1. The highest BCUT2D eigenvalue weighted by Gasteiger charge is 2.30. The minimum Gasteiger partial charge on any atom is -0.481 e. The molecule has 3 N–H and O–H groups in total. The van der Waals surface area contributed by atoms with E-state index < -0.39 is 5.97 Å². The zero-order valence-corrected chi connectivity index (χ0v) is 18.2. The third-order valence-corrected chi connectivity index (χ3v) is 7.34. The first-order valence-corrected chi connectivity index (χ1v) is 11.7. The molecule has 29 heavy (non-hydrogen) atoms. The Labute approximate surface area is 176 Å². The molecule has 0 aliphatic heterocycles. The summed E-state index contributed by atoms with van der Waals surface area (Å²) in [6.07, 6.45) is 8.47. The Bertz CT molecular complexity index is 767. The summed E-state index contributed by atoms with van der Waals surface area (Å²) in [5.41, 5.74) is 1.75. The first-order chi connectivity index (χ1) is 13.9. The van der Waals surface area contributed by atoms with Gasteiger partial charge in [-0.3, -0.25) is 14.4 Å². The lowest BCUT2D eigenvalue weighted by atomic mass is 9.85. The SMILES string of the molecule is CC[C@@H]1CCc2c(sc(NC(=O)C[C@H](C)CC(=O)O)c2C(=O)NC2CCCC2)C1. The number of amides is 2. The van der Waals surface area contributed by atoms with Gasteiger partial charge in [-0.25, -0.2) is 0 Å². The van der Waals surface area contributed by atoms with Crippen molar-refractivity contribution in [2.45, 2.75) is 84.1 Å². The van der Waals surface area contributed by atoms with Gasteiger partial charge in [0.1, 0.15) is 5.00 Å². The van der Waals surface area contributed by atoms with E-state index in [2.05, 4.69) is 17.6 Å². The molecule has 160 valence electrons. The van der Waals surface area contributed by atoms with E-state index in [0.717, 1.165) is 56.9 Å². The second-order valence-electron chi connectivity index (χ2n) is 8.64. The number of carbonyl (C=O) groups excluding carboxylic acids is 2. The maximum atomic E-state index is 13.1. The Morgan fingerprint density at radius 3 is 2.55 bits per heavy atom. The summed E-state index contributed by atoms with van der Waals surface area (Å²) in [6.45, 7) is 3.95. The van der Waals surface area contributed by atoms with E-state index in [1.807, 2.05) is 0 Å². The van der Waals surface area contributed by atoms with Crippen LogP contribution in [0.1, 0.15) is 86.0 Å². The van der Waals surface area contributed by atoms with Crippen LogP contribution >= 0.6 is 11.3 Å². The van der Waals surface area contributed by atoms with Gasteiger partial charge in [0.25, 0.3) is 5.91 Å². The molecule has 6 nitrogen and oxygen atoms in total. The normalized spacial score (nSPS) is 20.1. The van der Waals surface area contributed by atoms with Crippen molar-refractivity contribution in [2.24, 2.45) is 11.8 Å². The molecule has 0 bridgehead atoms. The number of rotatable bonds is 8. The van der Waals surface area contributed by atoms with E-state index in [9.17, 15) is 14.4 Å². The van der Waals surface area contributed by atoms with E-state index in [4.69, 9.17) is 5.11 Å². The standard InChI is InChI=1S/C22H32N2O4S/c1-3-14-8-9-16-17(12-14)29-22(24-18(25)10-13(2)11-19(26)27)20(16)21(28)23-15-6-4-5-7-15/h13-15H,3-12H2,1-2H3,(H,23,28)(H,24,25)(H,26,27)/t13-,14+/m0/s1. The van der Waals surface area contributed by atoms with Gasteiger partial charge < -0.3 is 15.7 Å². The van der Waals surface area contributed by atoms with Crippen LogP contribution in [-0.4, -0.2) is 28.9 Å². The second-order valence-corrected chi connectivity index (χ2v) is 9.74. The Morgan fingerprint density at radius 2 is 1.90 bits per heavy atom. The molecule has 1 aromatic rings. The van der Waals surface area contributed by atoms with Crippen molar-refractivity contribution < 1.29 is 19.5 Å². The molecule has 1 fully saturated rings. The molecule has 0 saturated heterocycles. The fourth-order valence-electron chi connectivity index (χ4n) is 4.52. The first kappa shape index (κ1) is 21.8. The molecule has 1 heterocycles. The van der Waals surface area contributed by atoms with Crippen LogP contribution < -0.4 is 10.6 Å². The third kappa shape index (κ3) is 5.59. The largest absolute Gasteiger partial charge is 0.481 e. The molecule has 7 heteroatoms. The molecule has 2 atom stereocenters. The average Bonchev–Trinajstić information content (AvgIpc) is 3.26. The Hall–Kier alpha value is -1.89. The van der Waals surface area contributed by atoms with Crippen LogP contribution in [0, 0.1) is 11.8 Å². The van der Waals surface area contributed by atoms with Gasteiger partial charge in [-0.2, -0.15) is 0 Å². The van der Waals surface area contributed by atoms with Gasteiger partial charge in [-0.1, -0.05) is 33.1 Å². The number of carbonyl (C=O) groups is 3. The number of carboxylic acid groups (broad SMARTS) is 1. The van der Waals surface area contributed by atoms with Gasteiger partial charge in [0, 0.05) is 23.8 Å². The van der Waals surface area contributed by atoms with Crippen molar-refractivity contribution in [1.29, 1.82) is 0 Å². The number of fused-ring (bicyclic) bond motifs is 1. The number of nitrogens with one attached hydrogen (secondary N) is 2. The van der Waals surface area contributed by atoms with Gasteiger partial charge >= 0.3 is 5.97 Å². The summed E-state index contributed by atoms with van der Waals surface area (Å²) in [6, 6.07) is 0.226. The molecule has 2 aliphatic carbocycles. The van der Waals surface area contributed by atoms with Gasteiger partial charge in [0.15, 0.2) is 0 Å². The van der Waals surface area contributed by atoms with E-state index in [1.165, 1.54) is 16.2 Å². The van der Waals surface area contributed by atoms with Crippen LogP contribution in [0.2, 0.25) is 0 Å². The van der Waals surface area contributed by atoms with Gasteiger partial charge in [0.2, 0.25) is 5.91 Å². The molecule has 0 spiro atoms. The van der Waals surface area contributed by atoms with Crippen LogP contribution in [0.3, 0.4) is 0 Å². The van der Waals surface area contributed by atoms with Crippen LogP contribution in [-0.2, 0) is 22.4 Å². The molecule has 3 rings (SSSR count). The minimum absolute atomic E-state index is 0.0401. The molecule has 1 aromatic heterocycles. The summed E-state index contributed by atoms with van der Waals surface area (Å²) in [5, 5.41) is 15.7. The van der Waals surface area contributed by atoms with E-state index >= 15 is 0 Å². The van der Waals surface area contributed by atoms with Crippen molar-refractivity contribution in [1.82, 2.24) is 5.32 Å². The van der Waals surface area contributed by atoms with Crippen LogP contribution in [0.4, 0.5) is 5.00 Å². The molecule has 2 aliphatic rings. The predicted octanol–water partition coefficient (Wildman–Crippen LogP) is 4.37. The number of thiophene rings is 1. The maximum Gasteiger partial charge on any atom is 0.303 e. The minimum atomic E-state index is -0.904. The van der Waals surface area contributed by atoms with E-state index in [1.54, 1.807) is 6.92 Å². The summed E-state index contributed by atoms with van der Waals surface area (Å²) >= 11 is 1.53. The maximum absolute atomic E-state index is 13.1. The first-order valence-electron chi connectivity index (χ1n) is 10.8. The monoisotopic (exact) mass is 420 g/mol. The molecule has 2 amide bonds. The predicted molar refractivity (Wildman–Crippen MR) is 115 cm³/mol. The van der Waals surface area contributed by atoms with Crippen molar-refractivity contribution >= 4 is 34.1 Å². The quantitative estimate of drug-likeness (QED) is 0.582. The second kappa shape index (κ2) is 9.74. The Balaban J connectivity index is 1.79. The molecule has 0 unspecified atom stereocenters. The Morgan fingerprint density at radius 1 is 1.17 bits per heavy atom. The van der Waals surface area contributed by atoms with E-state index in [0.29, 0.717) is 16.5 Å². The van der Waals surface area contributed by atoms with Crippen molar-refractivity contribution in [3.63, 3.8) is 0 Å². The number of hydrogen-bond acceptors (Lipinski definition) is 4. The number of anilines is 1. The fraction of sp³-hybridized carbons (Fsp3) is 0.682. The van der Waals surface area contributed by atoms with Gasteiger partial charge in [-0.15, -0.1) is 11.3 Å². The molecular weight excluding hydrogens is 388 g/mol. The van der Waals surface area contributed by atoms with Crippen molar-refractivity contribution in [2.75, 3.05) is 5.32 Å². The summed E-state index contributed by atoms with van der Waals surface area (Å²) in [5.74, 6) is -0.815. The molecule has 1 saturated carbocycles. The number of hydrogen-bond donors (Lipinski definition) is 3. The fourth-order valence-corrected chi connectivity index (χ4v) is 5.90. The van der Waals surface area contributed by atoms with Gasteiger partial charge in [-0.05, 0) is 49.5 Å². The summed E-state index contributed by atoms with van der Waals surface area (Å²) in [4.78, 5) is 37.7. The zero-order valence-electron chi connectivity index (χ0n) is 17.4. The Kier molecular flexibility index (Phi) is 7.33. The highest BCUT2D eigenvalue weighted by molar-refractivity contribution is 7.17. The van der Waals surface area contributed by atoms with Crippen LogP contribution in [0.5, 0.6) is 0 Å². The summed E-state index contributed by atoms with van der Waals surface area (Å²) < 4.78 is 0. The van der Waals surface area contributed by atoms with Gasteiger partial charge in [0.05, 0.1) is 5.56 Å².